The van der Waals surface area contributed by atoms with Crippen LogP contribution < -0.4 is 11.1 Å². The summed E-state index contributed by atoms with van der Waals surface area (Å²) >= 11 is 0. The third kappa shape index (κ3) is 2.99. The molecular weight excluding hydrogens is 248 g/mol. The van der Waals surface area contributed by atoms with Crippen molar-refractivity contribution in [3.05, 3.63) is 64.2 Å². The lowest BCUT2D eigenvalue weighted by Gasteiger charge is -2.13. The molecule has 20 heavy (non-hydrogen) atoms. The molecule has 0 heterocycles. The molecule has 0 saturated heterocycles. The second kappa shape index (κ2) is 5.78. The smallest absolute Gasteiger partial charge is 0.249 e. The van der Waals surface area contributed by atoms with Crippen molar-refractivity contribution in [3.63, 3.8) is 0 Å². The van der Waals surface area contributed by atoms with E-state index in [0.717, 1.165) is 17.8 Å². The minimum atomic E-state index is -0.391. The van der Waals surface area contributed by atoms with Crippen LogP contribution in [0.25, 0.3) is 0 Å². The lowest BCUT2D eigenvalue weighted by Crippen LogP contribution is -2.14. The topological polar surface area (TPSA) is 55.1 Å². The third-order valence-electron chi connectivity index (χ3n) is 3.57. The molecule has 2 aromatic carbocycles. The van der Waals surface area contributed by atoms with Gasteiger partial charge < -0.3 is 11.1 Å². The van der Waals surface area contributed by atoms with E-state index >= 15 is 0 Å². The second-order valence-electron chi connectivity index (χ2n) is 5.13. The fraction of sp³-hybridized carbons (Fsp3) is 0.235. The maximum atomic E-state index is 11.3. The van der Waals surface area contributed by atoms with Crippen LogP contribution in [0.3, 0.4) is 0 Å². The summed E-state index contributed by atoms with van der Waals surface area (Å²) in [6, 6.07) is 12.0. The number of carbonyl (C=O) groups is 1. The van der Waals surface area contributed by atoms with E-state index in [9.17, 15) is 4.79 Å². The second-order valence-corrected chi connectivity index (χ2v) is 5.13. The summed E-state index contributed by atoms with van der Waals surface area (Å²) in [4.78, 5) is 11.3. The highest BCUT2D eigenvalue weighted by Crippen LogP contribution is 2.20. The molecule has 0 aromatic heterocycles. The predicted molar refractivity (Wildman–Crippen MR) is 82.9 cm³/mol. The molecule has 0 bridgehead atoms. The summed E-state index contributed by atoms with van der Waals surface area (Å²) in [7, 11) is 0. The van der Waals surface area contributed by atoms with Crippen molar-refractivity contribution in [2.45, 2.75) is 27.3 Å². The highest BCUT2D eigenvalue weighted by Gasteiger charge is 2.08. The molecule has 0 spiro atoms. The van der Waals surface area contributed by atoms with Gasteiger partial charge in [-0.3, -0.25) is 4.79 Å². The van der Waals surface area contributed by atoms with Crippen LogP contribution in [-0.4, -0.2) is 5.91 Å². The molecule has 0 aliphatic heterocycles. The van der Waals surface area contributed by atoms with E-state index in [1.807, 2.05) is 19.1 Å². The Bertz CT molecular complexity index is 647. The summed E-state index contributed by atoms with van der Waals surface area (Å²) in [6.07, 6.45) is 0. The van der Waals surface area contributed by atoms with Crippen LogP contribution in [0.15, 0.2) is 36.4 Å². The van der Waals surface area contributed by atoms with Crippen molar-refractivity contribution < 1.29 is 4.79 Å². The zero-order valence-corrected chi connectivity index (χ0v) is 12.2. The van der Waals surface area contributed by atoms with Crippen LogP contribution >= 0.6 is 0 Å². The van der Waals surface area contributed by atoms with Gasteiger partial charge in [0.25, 0.3) is 0 Å². The largest absolute Gasteiger partial charge is 0.381 e. The van der Waals surface area contributed by atoms with Gasteiger partial charge in [-0.05, 0) is 49.6 Å². The molecule has 0 aliphatic carbocycles. The van der Waals surface area contributed by atoms with Gasteiger partial charge in [-0.2, -0.15) is 0 Å². The standard InChI is InChI=1S/C17H20N2O/c1-11-7-8-14(12(2)9-11)10-19-16-6-4-5-15(13(16)3)17(18)20/h4-9,19H,10H2,1-3H3,(H2,18,20). The number of primary amides is 1. The first-order valence-corrected chi connectivity index (χ1v) is 6.68. The van der Waals surface area contributed by atoms with Crippen LogP contribution in [0.5, 0.6) is 0 Å². The molecule has 3 N–H and O–H groups in total. The normalized spacial score (nSPS) is 10.3. The molecular formula is C17H20N2O. The fourth-order valence-corrected chi connectivity index (χ4v) is 2.33. The summed E-state index contributed by atoms with van der Waals surface area (Å²) in [6.45, 7) is 6.83. The minimum Gasteiger partial charge on any atom is -0.381 e. The lowest BCUT2D eigenvalue weighted by atomic mass is 10.0. The first-order chi connectivity index (χ1) is 9.49. The molecule has 3 heteroatoms. The molecule has 0 unspecified atom stereocenters. The zero-order chi connectivity index (χ0) is 14.7. The maximum absolute atomic E-state index is 11.3. The molecule has 0 radical (unpaired) electrons. The summed E-state index contributed by atoms with van der Waals surface area (Å²) in [5.74, 6) is -0.391. The van der Waals surface area contributed by atoms with Crippen molar-refractivity contribution in [1.29, 1.82) is 0 Å². The molecule has 104 valence electrons. The van der Waals surface area contributed by atoms with Gasteiger partial charge in [-0.1, -0.05) is 29.8 Å². The number of amides is 1. The van der Waals surface area contributed by atoms with Gasteiger partial charge in [0, 0.05) is 17.8 Å². The van der Waals surface area contributed by atoms with Gasteiger partial charge in [0.1, 0.15) is 0 Å². The van der Waals surface area contributed by atoms with Crippen LogP contribution in [-0.2, 0) is 6.54 Å². The van der Waals surface area contributed by atoms with Crippen molar-refractivity contribution >= 4 is 11.6 Å². The SMILES string of the molecule is Cc1ccc(CNc2cccc(C(N)=O)c2C)c(C)c1. The number of nitrogens with one attached hydrogen (secondary N) is 1. The van der Waals surface area contributed by atoms with Gasteiger partial charge in [0.15, 0.2) is 0 Å². The third-order valence-corrected chi connectivity index (χ3v) is 3.57. The van der Waals surface area contributed by atoms with E-state index < -0.39 is 5.91 Å². The molecule has 3 nitrogen and oxygen atoms in total. The predicted octanol–water partition coefficient (Wildman–Crippen LogP) is 3.32. The Balaban J connectivity index is 2.19. The number of carbonyl (C=O) groups excluding carboxylic acids is 1. The lowest BCUT2D eigenvalue weighted by molar-refractivity contribution is 0.1000. The average molecular weight is 268 g/mol. The first kappa shape index (κ1) is 14.1. The summed E-state index contributed by atoms with van der Waals surface area (Å²) in [5.41, 5.74) is 11.5. The van der Waals surface area contributed by atoms with E-state index in [0.29, 0.717) is 5.56 Å². The van der Waals surface area contributed by atoms with Gasteiger partial charge in [-0.25, -0.2) is 0 Å². The number of benzene rings is 2. The Kier molecular flexibility index (Phi) is 4.08. The van der Waals surface area contributed by atoms with Crippen LogP contribution in [0.4, 0.5) is 5.69 Å². The molecule has 2 rings (SSSR count). The Morgan fingerprint density at radius 2 is 1.90 bits per heavy atom. The zero-order valence-electron chi connectivity index (χ0n) is 12.2. The Morgan fingerprint density at radius 3 is 2.55 bits per heavy atom. The van der Waals surface area contributed by atoms with Crippen molar-refractivity contribution in [3.8, 4) is 0 Å². The van der Waals surface area contributed by atoms with Gasteiger partial charge in [0.05, 0.1) is 0 Å². The summed E-state index contributed by atoms with van der Waals surface area (Å²) < 4.78 is 0. The first-order valence-electron chi connectivity index (χ1n) is 6.68. The molecule has 0 aliphatic rings. The number of anilines is 1. The molecule has 0 saturated carbocycles. The van der Waals surface area contributed by atoms with E-state index in [1.165, 1.54) is 16.7 Å². The van der Waals surface area contributed by atoms with Crippen molar-refractivity contribution in [2.75, 3.05) is 5.32 Å². The van der Waals surface area contributed by atoms with Crippen LogP contribution in [0.2, 0.25) is 0 Å². The Morgan fingerprint density at radius 1 is 1.15 bits per heavy atom. The van der Waals surface area contributed by atoms with Gasteiger partial charge in [-0.15, -0.1) is 0 Å². The van der Waals surface area contributed by atoms with Crippen LogP contribution in [0, 0.1) is 20.8 Å². The maximum Gasteiger partial charge on any atom is 0.249 e. The quantitative estimate of drug-likeness (QED) is 0.893. The number of hydrogen-bond donors (Lipinski definition) is 2. The van der Waals surface area contributed by atoms with Crippen molar-refractivity contribution in [1.82, 2.24) is 0 Å². The van der Waals surface area contributed by atoms with Crippen molar-refractivity contribution in [2.24, 2.45) is 5.73 Å². The van der Waals surface area contributed by atoms with Gasteiger partial charge >= 0.3 is 0 Å². The van der Waals surface area contributed by atoms with E-state index in [-0.39, 0.29) is 0 Å². The van der Waals surface area contributed by atoms with E-state index in [1.54, 1.807) is 6.07 Å². The molecule has 2 aromatic rings. The minimum absolute atomic E-state index is 0.391. The Labute approximate surface area is 119 Å². The van der Waals surface area contributed by atoms with E-state index in [2.05, 4.69) is 37.4 Å². The fourth-order valence-electron chi connectivity index (χ4n) is 2.33. The van der Waals surface area contributed by atoms with Crippen LogP contribution in [0.1, 0.15) is 32.6 Å². The highest BCUT2D eigenvalue weighted by atomic mass is 16.1. The molecule has 0 atom stereocenters. The monoisotopic (exact) mass is 268 g/mol. The highest BCUT2D eigenvalue weighted by molar-refractivity contribution is 5.95. The summed E-state index contributed by atoms with van der Waals surface area (Å²) in [5, 5.41) is 3.38. The number of nitrogens with two attached hydrogens (primary N) is 1. The number of aryl methyl sites for hydroxylation is 2. The number of hydrogen-bond acceptors (Lipinski definition) is 2. The van der Waals surface area contributed by atoms with E-state index in [4.69, 9.17) is 5.73 Å². The number of rotatable bonds is 4. The molecule has 1 amide bonds. The Hall–Kier alpha value is -2.29. The van der Waals surface area contributed by atoms with Gasteiger partial charge in [0.2, 0.25) is 5.91 Å². The average Bonchev–Trinajstić information content (AvgIpc) is 2.39. The molecule has 0 fully saturated rings.